The van der Waals surface area contributed by atoms with Crippen LogP contribution in [0.15, 0.2) is 0 Å². The molecule has 1 fully saturated rings. The van der Waals surface area contributed by atoms with Crippen molar-refractivity contribution in [3.05, 3.63) is 0 Å². The fourth-order valence-electron chi connectivity index (χ4n) is 1.81. The van der Waals surface area contributed by atoms with E-state index in [-0.39, 0.29) is 17.9 Å². The smallest absolute Gasteiger partial charge is 0.220 e. The van der Waals surface area contributed by atoms with E-state index < -0.39 is 0 Å². The van der Waals surface area contributed by atoms with Crippen LogP contribution >= 0.6 is 0 Å². The molecule has 4 nitrogen and oxygen atoms in total. The molecule has 1 aliphatic rings. The van der Waals surface area contributed by atoms with Crippen LogP contribution in [0.25, 0.3) is 0 Å². The number of amides is 1. The highest BCUT2D eigenvalue weighted by molar-refractivity contribution is 5.76. The van der Waals surface area contributed by atoms with Gasteiger partial charge in [-0.3, -0.25) is 4.79 Å². The maximum Gasteiger partial charge on any atom is 0.220 e. The normalized spacial score (nSPS) is 18.4. The molecule has 1 saturated heterocycles. The summed E-state index contributed by atoms with van der Waals surface area (Å²) in [4.78, 5) is 11.7. The molecule has 0 aliphatic carbocycles. The summed E-state index contributed by atoms with van der Waals surface area (Å²) >= 11 is 0. The van der Waals surface area contributed by atoms with Crippen molar-refractivity contribution in [3.8, 4) is 0 Å². The number of carbonyl (C=O) groups is 1. The number of carbonyl (C=O) groups excluding carboxylic acids is 1. The fraction of sp³-hybridized carbons (Fsp3) is 0.917. The predicted octanol–water partition coefficient (Wildman–Crippen LogP) is 0.511. The molecule has 0 bridgehead atoms. The summed E-state index contributed by atoms with van der Waals surface area (Å²) in [6, 6.07) is 0. The van der Waals surface area contributed by atoms with Gasteiger partial charge >= 0.3 is 0 Å². The third kappa shape index (κ3) is 4.94. The molecule has 0 aromatic carbocycles. The average molecular weight is 228 g/mol. The van der Waals surface area contributed by atoms with Crippen LogP contribution in [0, 0.1) is 11.3 Å². The molecule has 0 atom stereocenters. The van der Waals surface area contributed by atoms with Crippen molar-refractivity contribution in [2.24, 2.45) is 11.3 Å². The summed E-state index contributed by atoms with van der Waals surface area (Å²) < 4.78 is 0. The molecule has 94 valence electrons. The zero-order valence-electron chi connectivity index (χ0n) is 10.4. The lowest BCUT2D eigenvalue weighted by Crippen LogP contribution is -2.38. The summed E-state index contributed by atoms with van der Waals surface area (Å²) in [5.41, 5.74) is -0.218. The van der Waals surface area contributed by atoms with E-state index in [4.69, 9.17) is 5.11 Å². The standard InChI is InChI=1S/C12H24N2O2/c1-12(2,9-15)8-14-11(16)7-10-3-5-13-6-4-10/h10,13,15H,3-9H2,1-2H3,(H,14,16). The minimum atomic E-state index is -0.218. The van der Waals surface area contributed by atoms with Crippen LogP contribution in [0.2, 0.25) is 0 Å². The Morgan fingerprint density at radius 1 is 1.44 bits per heavy atom. The van der Waals surface area contributed by atoms with Gasteiger partial charge in [-0.05, 0) is 31.8 Å². The van der Waals surface area contributed by atoms with Crippen molar-refractivity contribution >= 4 is 5.91 Å². The zero-order chi connectivity index (χ0) is 12.0. The average Bonchev–Trinajstić information content (AvgIpc) is 2.28. The molecule has 0 spiro atoms. The van der Waals surface area contributed by atoms with Gasteiger partial charge in [0.05, 0.1) is 0 Å². The van der Waals surface area contributed by atoms with E-state index in [1.807, 2.05) is 13.8 Å². The Morgan fingerprint density at radius 2 is 2.06 bits per heavy atom. The van der Waals surface area contributed by atoms with Gasteiger partial charge in [-0.15, -0.1) is 0 Å². The molecule has 1 heterocycles. The molecule has 16 heavy (non-hydrogen) atoms. The first kappa shape index (κ1) is 13.5. The van der Waals surface area contributed by atoms with Gasteiger partial charge in [0, 0.05) is 25.0 Å². The Labute approximate surface area is 97.8 Å². The second kappa shape index (κ2) is 6.21. The summed E-state index contributed by atoms with van der Waals surface area (Å²) in [7, 11) is 0. The second-order valence-electron chi connectivity index (χ2n) is 5.50. The number of piperidine rings is 1. The van der Waals surface area contributed by atoms with Crippen LogP contribution in [0.5, 0.6) is 0 Å². The maximum absolute atomic E-state index is 11.7. The second-order valence-corrected chi connectivity index (χ2v) is 5.50. The van der Waals surface area contributed by atoms with Gasteiger partial charge in [-0.1, -0.05) is 13.8 Å². The predicted molar refractivity (Wildman–Crippen MR) is 64.1 cm³/mol. The Hall–Kier alpha value is -0.610. The van der Waals surface area contributed by atoms with Gasteiger partial charge in [0.2, 0.25) is 5.91 Å². The number of aliphatic hydroxyl groups is 1. The lowest BCUT2D eigenvalue weighted by atomic mass is 9.93. The number of hydrogen-bond acceptors (Lipinski definition) is 3. The van der Waals surface area contributed by atoms with Crippen LogP contribution in [-0.2, 0) is 4.79 Å². The van der Waals surface area contributed by atoms with Gasteiger partial charge in [-0.25, -0.2) is 0 Å². The Kier molecular flexibility index (Phi) is 5.22. The number of aliphatic hydroxyl groups excluding tert-OH is 1. The molecular weight excluding hydrogens is 204 g/mol. The molecule has 0 aromatic rings. The number of rotatable bonds is 5. The van der Waals surface area contributed by atoms with Crippen LogP contribution in [-0.4, -0.2) is 37.3 Å². The number of hydrogen-bond donors (Lipinski definition) is 3. The summed E-state index contributed by atoms with van der Waals surface area (Å²) in [5, 5.41) is 15.3. The topological polar surface area (TPSA) is 61.4 Å². The largest absolute Gasteiger partial charge is 0.396 e. The summed E-state index contributed by atoms with van der Waals surface area (Å²) in [5.74, 6) is 0.645. The quantitative estimate of drug-likeness (QED) is 0.642. The van der Waals surface area contributed by atoms with E-state index in [9.17, 15) is 4.79 Å². The van der Waals surface area contributed by atoms with Crippen molar-refractivity contribution in [2.75, 3.05) is 26.2 Å². The van der Waals surface area contributed by atoms with Crippen LogP contribution in [0.1, 0.15) is 33.1 Å². The van der Waals surface area contributed by atoms with E-state index in [2.05, 4.69) is 10.6 Å². The van der Waals surface area contributed by atoms with Gasteiger partial charge in [-0.2, -0.15) is 0 Å². The first-order valence-electron chi connectivity index (χ1n) is 6.12. The van der Waals surface area contributed by atoms with E-state index >= 15 is 0 Å². The molecule has 1 rings (SSSR count). The van der Waals surface area contributed by atoms with Gasteiger partial charge in [0.25, 0.3) is 0 Å². The summed E-state index contributed by atoms with van der Waals surface area (Å²) in [6.07, 6.45) is 2.82. The molecule has 0 saturated carbocycles. The maximum atomic E-state index is 11.7. The third-order valence-corrected chi connectivity index (χ3v) is 3.12. The highest BCUT2D eigenvalue weighted by Gasteiger charge is 2.20. The van der Waals surface area contributed by atoms with Crippen molar-refractivity contribution in [3.63, 3.8) is 0 Å². The van der Waals surface area contributed by atoms with Crippen LogP contribution in [0.4, 0.5) is 0 Å². The van der Waals surface area contributed by atoms with E-state index in [0.29, 0.717) is 18.9 Å². The van der Waals surface area contributed by atoms with E-state index in [1.54, 1.807) is 0 Å². The molecule has 0 unspecified atom stereocenters. The fourth-order valence-corrected chi connectivity index (χ4v) is 1.81. The van der Waals surface area contributed by atoms with Crippen molar-refractivity contribution in [2.45, 2.75) is 33.1 Å². The van der Waals surface area contributed by atoms with Gasteiger partial charge in [0.15, 0.2) is 0 Å². The Bertz CT molecular complexity index is 223. The lowest BCUT2D eigenvalue weighted by molar-refractivity contribution is -0.122. The van der Waals surface area contributed by atoms with Crippen LogP contribution < -0.4 is 10.6 Å². The Morgan fingerprint density at radius 3 is 2.62 bits per heavy atom. The molecule has 4 heteroatoms. The molecule has 0 radical (unpaired) electrons. The molecular formula is C12H24N2O2. The van der Waals surface area contributed by atoms with Crippen molar-refractivity contribution < 1.29 is 9.90 Å². The molecule has 1 amide bonds. The van der Waals surface area contributed by atoms with Crippen molar-refractivity contribution in [1.82, 2.24) is 10.6 Å². The Balaban J connectivity index is 2.19. The lowest BCUT2D eigenvalue weighted by Gasteiger charge is -2.24. The zero-order valence-corrected chi connectivity index (χ0v) is 10.4. The first-order valence-corrected chi connectivity index (χ1v) is 6.12. The minimum Gasteiger partial charge on any atom is -0.396 e. The van der Waals surface area contributed by atoms with E-state index in [1.165, 1.54) is 0 Å². The minimum absolute atomic E-state index is 0.0978. The SMILES string of the molecule is CC(C)(CO)CNC(=O)CC1CCNCC1. The molecule has 3 N–H and O–H groups in total. The van der Waals surface area contributed by atoms with E-state index in [0.717, 1.165) is 25.9 Å². The third-order valence-electron chi connectivity index (χ3n) is 3.12. The monoisotopic (exact) mass is 228 g/mol. The van der Waals surface area contributed by atoms with Gasteiger partial charge in [0.1, 0.15) is 0 Å². The molecule has 0 aromatic heterocycles. The molecule has 1 aliphatic heterocycles. The first-order chi connectivity index (χ1) is 7.53. The van der Waals surface area contributed by atoms with Gasteiger partial charge < -0.3 is 15.7 Å². The highest BCUT2D eigenvalue weighted by Crippen LogP contribution is 2.16. The van der Waals surface area contributed by atoms with Crippen molar-refractivity contribution in [1.29, 1.82) is 0 Å². The highest BCUT2D eigenvalue weighted by atomic mass is 16.3. The van der Waals surface area contributed by atoms with Crippen LogP contribution in [0.3, 0.4) is 0 Å². The summed E-state index contributed by atoms with van der Waals surface area (Å²) in [6.45, 7) is 6.59. The number of nitrogens with one attached hydrogen (secondary N) is 2.